The first-order chi connectivity index (χ1) is 11.3. The van der Waals surface area contributed by atoms with E-state index < -0.39 is 22.5 Å². The van der Waals surface area contributed by atoms with E-state index in [0.29, 0.717) is 15.7 Å². The predicted molar refractivity (Wildman–Crippen MR) is 93.9 cm³/mol. The summed E-state index contributed by atoms with van der Waals surface area (Å²) in [6.45, 7) is 0.980. The molecule has 1 heterocycles. The molecule has 0 aliphatic heterocycles. The largest absolute Gasteiger partial charge is 0.326 e. The molecule has 0 radical (unpaired) electrons. The average molecular weight is 388 g/mol. The van der Waals surface area contributed by atoms with Crippen molar-refractivity contribution in [1.82, 2.24) is 4.72 Å². The van der Waals surface area contributed by atoms with E-state index >= 15 is 0 Å². The van der Waals surface area contributed by atoms with Gasteiger partial charge >= 0.3 is 0 Å². The summed E-state index contributed by atoms with van der Waals surface area (Å²) in [6, 6.07) is 9.27. The number of sulfonamides is 1. The zero-order valence-electron chi connectivity index (χ0n) is 12.5. The maximum Gasteiger partial charge on any atom is 0.250 e. The lowest BCUT2D eigenvalue weighted by Gasteiger charge is -2.08. The monoisotopic (exact) mass is 387 g/mol. The van der Waals surface area contributed by atoms with Crippen LogP contribution < -0.4 is 15.4 Å². The van der Waals surface area contributed by atoms with E-state index in [9.17, 15) is 18.0 Å². The summed E-state index contributed by atoms with van der Waals surface area (Å²) in [7, 11) is -3.77. The Morgan fingerprint density at radius 1 is 1.04 bits per heavy atom. The number of carbonyl (C=O) groups is 2. The lowest BCUT2D eigenvalue weighted by Crippen LogP contribution is -2.32. The second-order valence-corrected chi connectivity index (χ2v) is 8.40. The van der Waals surface area contributed by atoms with Gasteiger partial charge in [-0.25, -0.2) is 13.1 Å². The maximum absolute atomic E-state index is 12.0. The van der Waals surface area contributed by atoms with Crippen LogP contribution in [0.25, 0.3) is 0 Å². The summed E-state index contributed by atoms with van der Waals surface area (Å²) in [5.74, 6) is -0.719. The van der Waals surface area contributed by atoms with Gasteiger partial charge in [-0.2, -0.15) is 0 Å². The van der Waals surface area contributed by atoms with Crippen molar-refractivity contribution in [3.8, 4) is 0 Å². The number of hydrogen-bond acceptors (Lipinski definition) is 5. The molecule has 3 N–H and O–H groups in total. The Bertz CT molecular complexity index is 847. The summed E-state index contributed by atoms with van der Waals surface area (Å²) in [4.78, 5) is 22.7. The van der Waals surface area contributed by atoms with E-state index in [1.807, 2.05) is 0 Å². The number of thiophene rings is 1. The highest BCUT2D eigenvalue weighted by Gasteiger charge is 2.17. The molecule has 10 heteroatoms. The standard InChI is InChI=1S/C14H14ClN3O4S2/c1-9(19)17-10-2-4-11(5-3-10)18-13(20)8-16-24(21,22)14-7-6-12(15)23-14/h2-7,16H,8H2,1H3,(H,17,19)(H,18,20). The molecule has 0 aliphatic rings. The third-order valence-electron chi connectivity index (χ3n) is 2.73. The molecule has 0 aliphatic carbocycles. The molecule has 0 spiro atoms. The van der Waals surface area contributed by atoms with Crippen LogP contribution in [0.15, 0.2) is 40.6 Å². The summed E-state index contributed by atoms with van der Waals surface area (Å²) >= 11 is 6.61. The van der Waals surface area contributed by atoms with Crippen LogP contribution in [0.1, 0.15) is 6.92 Å². The third kappa shape index (κ3) is 5.31. The molecule has 7 nitrogen and oxygen atoms in total. The second-order valence-electron chi connectivity index (χ2n) is 4.69. The number of carbonyl (C=O) groups excluding carboxylic acids is 2. The normalized spacial score (nSPS) is 11.1. The van der Waals surface area contributed by atoms with Gasteiger partial charge < -0.3 is 10.6 Å². The number of amides is 2. The molecule has 0 unspecified atom stereocenters. The molecular formula is C14H14ClN3O4S2. The first-order valence-corrected chi connectivity index (χ1v) is 9.36. The smallest absolute Gasteiger partial charge is 0.250 e. The van der Waals surface area contributed by atoms with Crippen LogP contribution in [0.4, 0.5) is 11.4 Å². The molecule has 0 saturated heterocycles. The van der Waals surface area contributed by atoms with Crippen LogP contribution in [-0.2, 0) is 19.6 Å². The molecule has 24 heavy (non-hydrogen) atoms. The molecule has 0 fully saturated rings. The SMILES string of the molecule is CC(=O)Nc1ccc(NC(=O)CNS(=O)(=O)c2ccc(Cl)s2)cc1. The molecule has 1 aromatic heterocycles. The molecule has 2 amide bonds. The molecular weight excluding hydrogens is 374 g/mol. The van der Waals surface area contributed by atoms with Crippen LogP contribution in [0.3, 0.4) is 0 Å². The highest BCUT2D eigenvalue weighted by atomic mass is 35.5. The second kappa shape index (κ2) is 7.75. The number of hydrogen-bond donors (Lipinski definition) is 3. The van der Waals surface area contributed by atoms with Gasteiger partial charge in [0.15, 0.2) is 0 Å². The zero-order valence-corrected chi connectivity index (χ0v) is 14.9. The van der Waals surface area contributed by atoms with Crippen molar-refractivity contribution in [2.45, 2.75) is 11.1 Å². The Labute approximate surface area is 148 Å². The number of anilines is 2. The van der Waals surface area contributed by atoms with Gasteiger partial charge in [-0.05, 0) is 36.4 Å². The summed E-state index contributed by atoms with van der Waals surface area (Å²) in [6.07, 6.45) is 0. The van der Waals surface area contributed by atoms with Crippen molar-refractivity contribution in [3.63, 3.8) is 0 Å². The van der Waals surface area contributed by atoms with Crippen molar-refractivity contribution in [2.75, 3.05) is 17.2 Å². The Morgan fingerprint density at radius 2 is 1.62 bits per heavy atom. The fraction of sp³-hybridized carbons (Fsp3) is 0.143. The third-order valence-corrected chi connectivity index (χ3v) is 5.85. The summed E-state index contributed by atoms with van der Waals surface area (Å²) < 4.78 is 26.5. The summed E-state index contributed by atoms with van der Waals surface area (Å²) in [5, 5.41) is 5.15. The van der Waals surface area contributed by atoms with Gasteiger partial charge in [-0.3, -0.25) is 9.59 Å². The molecule has 0 bridgehead atoms. The Hall–Kier alpha value is -1.94. The van der Waals surface area contributed by atoms with Gasteiger partial charge in [-0.15, -0.1) is 11.3 Å². The van der Waals surface area contributed by atoms with Crippen molar-refractivity contribution >= 4 is 56.2 Å². The van der Waals surface area contributed by atoms with Gasteiger partial charge in [-0.1, -0.05) is 11.6 Å². The van der Waals surface area contributed by atoms with Gasteiger partial charge in [0, 0.05) is 18.3 Å². The number of benzene rings is 1. The van der Waals surface area contributed by atoms with Crippen molar-refractivity contribution < 1.29 is 18.0 Å². The minimum atomic E-state index is -3.77. The van der Waals surface area contributed by atoms with E-state index in [0.717, 1.165) is 11.3 Å². The molecule has 1 aromatic carbocycles. The van der Waals surface area contributed by atoms with E-state index in [-0.39, 0.29) is 10.1 Å². The van der Waals surface area contributed by atoms with E-state index in [1.165, 1.54) is 19.1 Å². The Kier molecular flexibility index (Phi) is 5.94. The highest BCUT2D eigenvalue weighted by molar-refractivity contribution is 7.91. The molecule has 0 atom stereocenters. The van der Waals surface area contributed by atoms with Crippen LogP contribution in [0, 0.1) is 0 Å². The lowest BCUT2D eigenvalue weighted by atomic mass is 10.2. The number of halogens is 1. The van der Waals surface area contributed by atoms with E-state index in [4.69, 9.17) is 11.6 Å². The fourth-order valence-corrected chi connectivity index (χ4v) is 4.23. The number of nitrogens with one attached hydrogen (secondary N) is 3. The van der Waals surface area contributed by atoms with Crippen molar-refractivity contribution in [2.24, 2.45) is 0 Å². The first-order valence-electron chi connectivity index (χ1n) is 6.69. The van der Waals surface area contributed by atoms with Crippen LogP contribution in [-0.4, -0.2) is 26.8 Å². The Balaban J connectivity index is 1.90. The quantitative estimate of drug-likeness (QED) is 0.707. The summed E-state index contributed by atoms with van der Waals surface area (Å²) in [5.41, 5.74) is 1.07. The topological polar surface area (TPSA) is 104 Å². The van der Waals surface area contributed by atoms with Crippen molar-refractivity contribution in [1.29, 1.82) is 0 Å². The molecule has 2 rings (SSSR count). The lowest BCUT2D eigenvalue weighted by molar-refractivity contribution is -0.115. The highest BCUT2D eigenvalue weighted by Crippen LogP contribution is 2.25. The average Bonchev–Trinajstić information content (AvgIpc) is 2.94. The Morgan fingerprint density at radius 3 is 2.12 bits per heavy atom. The van der Waals surface area contributed by atoms with Crippen LogP contribution in [0.2, 0.25) is 4.34 Å². The van der Waals surface area contributed by atoms with E-state index in [1.54, 1.807) is 24.3 Å². The van der Waals surface area contributed by atoms with Gasteiger partial charge in [0.2, 0.25) is 11.8 Å². The van der Waals surface area contributed by atoms with Gasteiger partial charge in [0.25, 0.3) is 10.0 Å². The number of rotatable bonds is 6. The van der Waals surface area contributed by atoms with Crippen LogP contribution in [0.5, 0.6) is 0 Å². The van der Waals surface area contributed by atoms with Gasteiger partial charge in [0.1, 0.15) is 4.21 Å². The zero-order chi connectivity index (χ0) is 17.7. The minimum absolute atomic E-state index is 0.0416. The predicted octanol–water partition coefficient (Wildman–Crippen LogP) is 2.28. The molecule has 128 valence electrons. The fourth-order valence-electron chi connectivity index (χ4n) is 1.72. The molecule has 2 aromatic rings. The van der Waals surface area contributed by atoms with E-state index in [2.05, 4.69) is 15.4 Å². The van der Waals surface area contributed by atoms with Crippen LogP contribution >= 0.6 is 22.9 Å². The molecule has 0 saturated carbocycles. The first kappa shape index (κ1) is 18.4. The minimum Gasteiger partial charge on any atom is -0.326 e. The maximum atomic E-state index is 12.0. The van der Waals surface area contributed by atoms with Gasteiger partial charge in [0.05, 0.1) is 10.9 Å². The van der Waals surface area contributed by atoms with Crippen molar-refractivity contribution in [3.05, 3.63) is 40.7 Å².